The Hall–Kier alpha value is -2.43. The van der Waals surface area contributed by atoms with Crippen LogP contribution in [0.25, 0.3) is 0 Å². The first-order chi connectivity index (χ1) is 10.1. The molecule has 0 bridgehead atoms. The normalized spacial score (nSPS) is 18.0. The van der Waals surface area contributed by atoms with E-state index in [1.165, 1.54) is 6.07 Å². The lowest BCUT2D eigenvalue weighted by molar-refractivity contribution is 0.568. The second kappa shape index (κ2) is 5.16. The van der Waals surface area contributed by atoms with Crippen molar-refractivity contribution in [3.8, 4) is 0 Å². The number of rotatable bonds is 2. The van der Waals surface area contributed by atoms with Crippen molar-refractivity contribution in [1.82, 2.24) is 0 Å². The minimum absolute atomic E-state index is 0.264. The predicted molar refractivity (Wildman–Crippen MR) is 79.2 cm³/mol. The molecule has 0 aromatic heterocycles. The molecule has 1 atom stereocenters. The summed E-state index contributed by atoms with van der Waals surface area (Å²) in [5, 5.41) is 0. The highest BCUT2D eigenvalue weighted by Gasteiger charge is 2.31. The van der Waals surface area contributed by atoms with Crippen molar-refractivity contribution in [3.63, 3.8) is 0 Å². The number of hydrogen-bond acceptors (Lipinski definition) is 3. The number of hydrogen-bond donors (Lipinski definition) is 1. The zero-order valence-electron chi connectivity index (χ0n) is 11.6. The lowest BCUT2D eigenvalue weighted by Gasteiger charge is -2.27. The Morgan fingerprint density at radius 3 is 2.57 bits per heavy atom. The van der Waals surface area contributed by atoms with E-state index in [0.29, 0.717) is 12.5 Å². The largest absolute Gasteiger partial charge is 0.369 e. The van der Waals surface area contributed by atoms with E-state index < -0.39 is 17.7 Å². The van der Waals surface area contributed by atoms with Gasteiger partial charge in [0.25, 0.3) is 0 Å². The van der Waals surface area contributed by atoms with E-state index in [9.17, 15) is 8.78 Å². The first-order valence-electron chi connectivity index (χ1n) is 6.67. The highest BCUT2D eigenvalue weighted by atomic mass is 19.1. The summed E-state index contributed by atoms with van der Waals surface area (Å²) in [5.74, 6) is -0.614. The molecule has 3 nitrogen and oxygen atoms in total. The molecular formula is C16H15F2N3. The molecule has 3 rings (SSSR count). The number of aliphatic imine (C=N–C) groups is 1. The van der Waals surface area contributed by atoms with Crippen LogP contribution in [0.3, 0.4) is 0 Å². The number of anilines is 1. The smallest absolute Gasteiger partial charge is 0.196 e. The van der Waals surface area contributed by atoms with E-state index in [1.54, 1.807) is 4.90 Å². The molecule has 5 heteroatoms. The molecule has 0 fully saturated rings. The van der Waals surface area contributed by atoms with Gasteiger partial charge in [0.15, 0.2) is 5.96 Å². The Morgan fingerprint density at radius 1 is 1.14 bits per heavy atom. The molecule has 0 aliphatic carbocycles. The van der Waals surface area contributed by atoms with Gasteiger partial charge < -0.3 is 10.6 Å². The van der Waals surface area contributed by atoms with Crippen LogP contribution in [0.2, 0.25) is 0 Å². The highest BCUT2D eigenvalue weighted by molar-refractivity contribution is 5.97. The van der Waals surface area contributed by atoms with E-state index in [1.807, 2.05) is 31.2 Å². The fraction of sp³-hybridized carbons (Fsp3) is 0.188. The predicted octanol–water partition coefficient (Wildman–Crippen LogP) is 3.15. The average Bonchev–Trinajstić information content (AvgIpc) is 2.84. The van der Waals surface area contributed by atoms with Gasteiger partial charge in [-0.15, -0.1) is 0 Å². The highest BCUT2D eigenvalue weighted by Crippen LogP contribution is 2.32. The molecule has 0 radical (unpaired) electrons. The summed E-state index contributed by atoms with van der Waals surface area (Å²) < 4.78 is 27.4. The standard InChI is InChI=1S/C16H15F2N3/c1-10-2-5-12(6-3-10)21-15(9-20-16(21)19)13-8-11(17)4-7-14(13)18/h2-8,15H,9H2,1H3,(H2,19,20). The molecule has 108 valence electrons. The molecule has 2 N–H and O–H groups in total. The van der Waals surface area contributed by atoms with Crippen molar-refractivity contribution < 1.29 is 8.78 Å². The third-order valence-electron chi connectivity index (χ3n) is 3.61. The second-order valence-electron chi connectivity index (χ2n) is 5.09. The van der Waals surface area contributed by atoms with E-state index in [-0.39, 0.29) is 5.56 Å². The van der Waals surface area contributed by atoms with Crippen LogP contribution < -0.4 is 10.6 Å². The topological polar surface area (TPSA) is 41.6 Å². The molecule has 0 spiro atoms. The van der Waals surface area contributed by atoms with Crippen molar-refractivity contribution in [2.45, 2.75) is 13.0 Å². The Labute approximate surface area is 121 Å². The molecule has 0 saturated carbocycles. The van der Waals surface area contributed by atoms with Crippen LogP contribution in [0.5, 0.6) is 0 Å². The van der Waals surface area contributed by atoms with E-state index in [0.717, 1.165) is 23.4 Å². The maximum Gasteiger partial charge on any atom is 0.196 e. The monoisotopic (exact) mass is 287 g/mol. The quantitative estimate of drug-likeness (QED) is 0.922. The molecule has 1 unspecified atom stereocenters. The third-order valence-corrected chi connectivity index (χ3v) is 3.61. The van der Waals surface area contributed by atoms with Gasteiger partial charge in [-0.05, 0) is 37.3 Å². The van der Waals surface area contributed by atoms with Crippen molar-refractivity contribution in [3.05, 3.63) is 65.2 Å². The summed E-state index contributed by atoms with van der Waals surface area (Å²) in [5.41, 5.74) is 8.11. The lowest BCUT2D eigenvalue weighted by Crippen LogP contribution is -2.36. The summed E-state index contributed by atoms with van der Waals surface area (Å²) in [7, 11) is 0. The number of benzene rings is 2. The summed E-state index contributed by atoms with van der Waals surface area (Å²) in [6, 6.07) is 10.7. The van der Waals surface area contributed by atoms with Crippen molar-refractivity contribution in [2.24, 2.45) is 10.7 Å². The van der Waals surface area contributed by atoms with Gasteiger partial charge in [-0.3, -0.25) is 4.99 Å². The fourth-order valence-electron chi connectivity index (χ4n) is 2.52. The van der Waals surface area contributed by atoms with Crippen LogP contribution in [0, 0.1) is 18.6 Å². The number of halogens is 2. The molecule has 2 aromatic carbocycles. The van der Waals surface area contributed by atoms with Gasteiger partial charge in [-0.25, -0.2) is 8.78 Å². The van der Waals surface area contributed by atoms with Crippen molar-refractivity contribution in [1.29, 1.82) is 0 Å². The van der Waals surface area contributed by atoms with Gasteiger partial charge in [0.05, 0.1) is 12.6 Å². The van der Waals surface area contributed by atoms with E-state index in [4.69, 9.17) is 5.73 Å². The minimum atomic E-state index is -0.472. The summed E-state index contributed by atoms with van der Waals surface area (Å²) in [6.45, 7) is 2.29. The molecule has 1 aliphatic rings. The Balaban J connectivity index is 2.02. The first-order valence-corrected chi connectivity index (χ1v) is 6.67. The number of nitrogens with zero attached hydrogens (tertiary/aromatic N) is 2. The summed E-state index contributed by atoms with van der Waals surface area (Å²) in [6.07, 6.45) is 0. The number of aryl methyl sites for hydroxylation is 1. The van der Waals surface area contributed by atoms with Crippen LogP contribution >= 0.6 is 0 Å². The number of nitrogens with two attached hydrogens (primary N) is 1. The maximum absolute atomic E-state index is 14.0. The van der Waals surface area contributed by atoms with Crippen LogP contribution in [-0.4, -0.2) is 12.5 Å². The minimum Gasteiger partial charge on any atom is -0.369 e. The van der Waals surface area contributed by atoms with Crippen LogP contribution in [-0.2, 0) is 0 Å². The van der Waals surface area contributed by atoms with Crippen molar-refractivity contribution in [2.75, 3.05) is 11.4 Å². The molecule has 0 amide bonds. The fourth-order valence-corrected chi connectivity index (χ4v) is 2.52. The molecule has 0 saturated heterocycles. The molecule has 1 aliphatic heterocycles. The first kappa shape index (κ1) is 13.5. The third kappa shape index (κ3) is 2.46. The Kier molecular flexibility index (Phi) is 3.33. The van der Waals surface area contributed by atoms with Gasteiger partial charge in [0.2, 0.25) is 0 Å². The Morgan fingerprint density at radius 2 is 1.86 bits per heavy atom. The van der Waals surface area contributed by atoms with Gasteiger partial charge in [-0.1, -0.05) is 17.7 Å². The maximum atomic E-state index is 14.0. The van der Waals surface area contributed by atoms with E-state index >= 15 is 0 Å². The van der Waals surface area contributed by atoms with E-state index in [2.05, 4.69) is 4.99 Å². The van der Waals surface area contributed by atoms with Crippen LogP contribution in [0.15, 0.2) is 47.5 Å². The second-order valence-corrected chi connectivity index (χ2v) is 5.09. The molecule has 1 heterocycles. The SMILES string of the molecule is Cc1ccc(N2C(N)=NCC2c2cc(F)ccc2F)cc1. The summed E-state index contributed by atoms with van der Waals surface area (Å²) >= 11 is 0. The zero-order valence-corrected chi connectivity index (χ0v) is 11.6. The molecular weight excluding hydrogens is 272 g/mol. The zero-order chi connectivity index (χ0) is 15.0. The van der Waals surface area contributed by atoms with Gasteiger partial charge in [-0.2, -0.15) is 0 Å². The molecule has 2 aromatic rings. The molecule has 21 heavy (non-hydrogen) atoms. The number of guanidine groups is 1. The Bertz CT molecular complexity index is 695. The van der Waals surface area contributed by atoms with Crippen LogP contribution in [0.1, 0.15) is 17.2 Å². The lowest BCUT2D eigenvalue weighted by atomic mass is 10.0. The van der Waals surface area contributed by atoms with Gasteiger partial charge in [0, 0.05) is 11.3 Å². The van der Waals surface area contributed by atoms with Crippen molar-refractivity contribution >= 4 is 11.6 Å². The summed E-state index contributed by atoms with van der Waals surface area (Å²) in [4.78, 5) is 5.91. The van der Waals surface area contributed by atoms with Gasteiger partial charge in [0.1, 0.15) is 11.6 Å². The van der Waals surface area contributed by atoms with Crippen LogP contribution in [0.4, 0.5) is 14.5 Å². The van der Waals surface area contributed by atoms with Gasteiger partial charge >= 0.3 is 0 Å². The average molecular weight is 287 g/mol.